The third-order valence-corrected chi connectivity index (χ3v) is 0.445. The van der Waals surface area contributed by atoms with Gasteiger partial charge in [0.1, 0.15) is 12.2 Å². The molecule has 0 saturated carbocycles. The molecular weight excluding hydrogens is 110 g/mol. The highest BCUT2D eigenvalue weighted by molar-refractivity contribution is 6.07. The monoisotopic (exact) mass is 116 g/mol. The number of amides is 1. The molecule has 0 atom stereocenters. The Morgan fingerprint density at radius 1 is 1.62 bits per heavy atom. The van der Waals surface area contributed by atoms with Gasteiger partial charge in [-0.2, -0.15) is 0 Å². The summed E-state index contributed by atoms with van der Waals surface area (Å²) in [6.07, 6.45) is 0.750. The van der Waals surface area contributed by atoms with E-state index < -0.39 is 11.7 Å². The lowest BCUT2D eigenvalue weighted by atomic mass is 10.3. The average molecular weight is 116 g/mol. The van der Waals surface area contributed by atoms with Gasteiger partial charge in [0.2, 0.25) is 0 Å². The fourth-order valence-electron chi connectivity index (χ4n) is 0.217. The normalized spacial score (nSPS) is 8.25. The fraction of sp³-hybridized carbons (Fsp3) is 0.250. The predicted octanol–water partition coefficient (Wildman–Crippen LogP) is -0.715. The van der Waals surface area contributed by atoms with Crippen molar-refractivity contribution < 1.29 is 14.8 Å². The topological polar surface area (TPSA) is 66.4 Å². The Labute approximate surface area is 46.5 Å². The van der Waals surface area contributed by atoms with Crippen LogP contribution in [-0.4, -0.2) is 16.9 Å². The largest absolute Gasteiger partial charge is 0.299 e. The highest BCUT2D eigenvalue weighted by Crippen LogP contribution is 1.75. The van der Waals surface area contributed by atoms with E-state index in [9.17, 15) is 9.59 Å². The zero-order valence-electron chi connectivity index (χ0n) is 4.34. The van der Waals surface area contributed by atoms with E-state index in [1.807, 2.05) is 0 Å². The minimum absolute atomic E-state index is 0.392. The van der Waals surface area contributed by atoms with Crippen LogP contribution in [0, 0.1) is 6.42 Å². The van der Waals surface area contributed by atoms with E-state index in [-0.39, 0.29) is 0 Å². The van der Waals surface area contributed by atoms with Gasteiger partial charge in [0.15, 0.2) is 0 Å². The Morgan fingerprint density at radius 2 is 2.12 bits per heavy atom. The number of hydrogen-bond acceptors (Lipinski definition) is 3. The molecule has 0 unspecified atom stereocenters. The Balaban J connectivity index is 3.40. The van der Waals surface area contributed by atoms with E-state index in [4.69, 9.17) is 5.21 Å². The van der Waals surface area contributed by atoms with Gasteiger partial charge in [0.25, 0.3) is 5.91 Å². The number of ketones is 1. The summed E-state index contributed by atoms with van der Waals surface area (Å²) < 4.78 is 0. The number of hydroxylamine groups is 1. The molecule has 0 rings (SSSR count). The van der Waals surface area contributed by atoms with Crippen molar-refractivity contribution in [2.24, 2.45) is 0 Å². The first-order valence-corrected chi connectivity index (χ1v) is 1.96. The van der Waals surface area contributed by atoms with Crippen LogP contribution in [0.2, 0.25) is 0 Å². The van der Waals surface area contributed by atoms with Gasteiger partial charge >= 0.3 is 0 Å². The van der Waals surface area contributed by atoms with Crippen molar-refractivity contribution in [1.29, 1.82) is 0 Å². The van der Waals surface area contributed by atoms with Gasteiger partial charge in [-0.05, 0) is 6.92 Å². The smallest absolute Gasteiger partial charge is 0.255 e. The first-order chi connectivity index (χ1) is 3.66. The second-order valence-corrected chi connectivity index (χ2v) is 1.23. The lowest BCUT2D eigenvalue weighted by Gasteiger charge is -1.89. The standard InChI is InChI=1S/C4H6NO3/c1-3(6)2-4(7)5-8/h2,8H,1H3,(H,5,7). The Bertz CT molecular complexity index is 110. The average Bonchev–Trinajstić information content (AvgIpc) is 1.65. The molecule has 1 radical (unpaired) electrons. The third kappa shape index (κ3) is 3.30. The minimum atomic E-state index is -0.794. The SMILES string of the molecule is CC(=O)[CH]C(=O)NO. The van der Waals surface area contributed by atoms with E-state index in [0.29, 0.717) is 0 Å². The maximum Gasteiger partial charge on any atom is 0.255 e. The van der Waals surface area contributed by atoms with E-state index in [0.717, 1.165) is 6.42 Å². The summed E-state index contributed by atoms with van der Waals surface area (Å²) >= 11 is 0. The van der Waals surface area contributed by atoms with Gasteiger partial charge in [-0.25, -0.2) is 5.48 Å². The molecule has 4 heteroatoms. The molecular formula is C4H6NO3. The molecule has 0 saturated heterocycles. The second-order valence-electron chi connectivity index (χ2n) is 1.23. The summed E-state index contributed by atoms with van der Waals surface area (Å²) in [7, 11) is 0. The molecule has 0 bridgehead atoms. The molecule has 0 aliphatic rings. The van der Waals surface area contributed by atoms with Crippen molar-refractivity contribution in [3.05, 3.63) is 6.42 Å². The number of carbonyl (C=O) groups is 2. The third-order valence-electron chi connectivity index (χ3n) is 0.445. The summed E-state index contributed by atoms with van der Waals surface area (Å²) in [5, 5.41) is 7.80. The summed E-state index contributed by atoms with van der Waals surface area (Å²) in [6.45, 7) is 1.22. The van der Waals surface area contributed by atoms with E-state index in [1.165, 1.54) is 12.4 Å². The van der Waals surface area contributed by atoms with Gasteiger partial charge in [-0.15, -0.1) is 0 Å². The van der Waals surface area contributed by atoms with Gasteiger partial charge in [0.05, 0.1) is 0 Å². The molecule has 0 spiro atoms. The van der Waals surface area contributed by atoms with Crippen LogP contribution in [0.25, 0.3) is 0 Å². The first kappa shape index (κ1) is 7.10. The Kier molecular flexibility index (Phi) is 2.79. The molecule has 8 heavy (non-hydrogen) atoms. The quantitative estimate of drug-likeness (QED) is 0.284. The molecule has 0 aliphatic carbocycles. The van der Waals surface area contributed by atoms with E-state index in [1.54, 1.807) is 0 Å². The van der Waals surface area contributed by atoms with Crippen LogP contribution in [0.3, 0.4) is 0 Å². The van der Waals surface area contributed by atoms with Gasteiger partial charge in [0, 0.05) is 0 Å². The number of Topliss-reactive ketones (excluding diaryl/α,β-unsaturated/α-hetero) is 1. The molecule has 0 aromatic rings. The van der Waals surface area contributed by atoms with Crippen molar-refractivity contribution in [2.75, 3.05) is 0 Å². The maximum atomic E-state index is 9.99. The molecule has 0 fully saturated rings. The summed E-state index contributed by atoms with van der Waals surface area (Å²) in [5.74, 6) is -1.19. The van der Waals surface area contributed by atoms with Crippen LogP contribution in [0.4, 0.5) is 0 Å². The molecule has 0 aromatic heterocycles. The zero-order chi connectivity index (χ0) is 6.57. The number of nitrogens with one attached hydrogen (secondary N) is 1. The highest BCUT2D eigenvalue weighted by atomic mass is 16.5. The zero-order valence-corrected chi connectivity index (χ0v) is 4.34. The maximum absolute atomic E-state index is 9.99. The number of carbonyl (C=O) groups excluding carboxylic acids is 2. The Hall–Kier alpha value is -0.900. The second kappa shape index (κ2) is 3.15. The lowest BCUT2D eigenvalue weighted by molar-refractivity contribution is -0.128. The summed E-state index contributed by atoms with van der Waals surface area (Å²) in [5.41, 5.74) is 1.28. The van der Waals surface area contributed by atoms with Crippen LogP contribution in [0.5, 0.6) is 0 Å². The molecule has 45 valence electrons. The van der Waals surface area contributed by atoms with E-state index >= 15 is 0 Å². The summed E-state index contributed by atoms with van der Waals surface area (Å²) in [6, 6.07) is 0. The van der Waals surface area contributed by atoms with Crippen molar-refractivity contribution in [3.63, 3.8) is 0 Å². The molecule has 4 nitrogen and oxygen atoms in total. The van der Waals surface area contributed by atoms with Gasteiger partial charge in [-0.3, -0.25) is 14.8 Å². The van der Waals surface area contributed by atoms with Crippen molar-refractivity contribution >= 4 is 11.7 Å². The number of rotatable bonds is 2. The summed E-state index contributed by atoms with van der Waals surface area (Å²) in [4.78, 5) is 20.0. The predicted molar refractivity (Wildman–Crippen MR) is 24.9 cm³/mol. The lowest BCUT2D eigenvalue weighted by Crippen LogP contribution is -2.21. The highest BCUT2D eigenvalue weighted by Gasteiger charge is 2.01. The van der Waals surface area contributed by atoms with Crippen LogP contribution < -0.4 is 5.48 Å². The van der Waals surface area contributed by atoms with Crippen LogP contribution in [-0.2, 0) is 9.59 Å². The molecule has 0 aliphatic heterocycles. The van der Waals surface area contributed by atoms with Crippen molar-refractivity contribution in [3.8, 4) is 0 Å². The van der Waals surface area contributed by atoms with Crippen molar-refractivity contribution in [1.82, 2.24) is 5.48 Å². The van der Waals surface area contributed by atoms with Gasteiger partial charge < -0.3 is 0 Å². The molecule has 2 N–H and O–H groups in total. The number of hydrogen-bond donors (Lipinski definition) is 2. The molecule has 1 amide bonds. The Morgan fingerprint density at radius 3 is 2.25 bits per heavy atom. The fourth-order valence-corrected chi connectivity index (χ4v) is 0.217. The van der Waals surface area contributed by atoms with Crippen LogP contribution in [0.1, 0.15) is 6.92 Å². The van der Waals surface area contributed by atoms with E-state index in [2.05, 4.69) is 0 Å². The molecule has 0 heterocycles. The minimum Gasteiger partial charge on any atom is -0.299 e. The van der Waals surface area contributed by atoms with Crippen molar-refractivity contribution in [2.45, 2.75) is 6.92 Å². The first-order valence-electron chi connectivity index (χ1n) is 1.96. The van der Waals surface area contributed by atoms with Gasteiger partial charge in [-0.1, -0.05) is 0 Å². The van der Waals surface area contributed by atoms with Crippen LogP contribution >= 0.6 is 0 Å². The van der Waals surface area contributed by atoms with Crippen LogP contribution in [0.15, 0.2) is 0 Å². The molecule has 0 aromatic carbocycles.